The van der Waals surface area contributed by atoms with Crippen LogP contribution in [0.15, 0.2) is 0 Å². The fourth-order valence-electron chi connectivity index (χ4n) is 12.6. The Kier molecular flexibility index (Phi) is 5.22. The molecule has 0 spiro atoms. The van der Waals surface area contributed by atoms with E-state index in [-0.39, 0.29) is 10.8 Å². The van der Waals surface area contributed by atoms with Crippen molar-refractivity contribution in [2.45, 2.75) is 128 Å². The molecule has 8 bridgehead atoms. The molecular weight excluding hydrogens is 444 g/mol. The molecule has 0 aromatic rings. The molecule has 4 heteroatoms. The van der Waals surface area contributed by atoms with Crippen LogP contribution >= 0.6 is 0 Å². The quantitative estimate of drug-likeness (QED) is 0.506. The third kappa shape index (κ3) is 3.73. The average molecular weight is 493 g/mol. The second-order valence-electron chi connectivity index (χ2n) is 15.9. The first-order valence-electron chi connectivity index (χ1n) is 16.1. The molecule has 0 radical (unpaired) electrons. The van der Waals surface area contributed by atoms with Gasteiger partial charge in [0.25, 0.3) is 0 Å². The van der Waals surface area contributed by atoms with E-state index < -0.39 is 0 Å². The molecular formula is C32H48N2O2. The van der Waals surface area contributed by atoms with E-state index in [4.69, 9.17) is 0 Å². The second kappa shape index (κ2) is 8.22. The Labute approximate surface area is 217 Å². The number of amides is 2. The maximum atomic E-state index is 13.6. The lowest BCUT2D eigenvalue weighted by atomic mass is 9.49. The van der Waals surface area contributed by atoms with Gasteiger partial charge in [0.2, 0.25) is 11.8 Å². The molecule has 10 rings (SSSR count). The highest BCUT2D eigenvalue weighted by Gasteiger charge is 2.56. The lowest BCUT2D eigenvalue weighted by Gasteiger charge is -2.56. The maximum Gasteiger partial charge on any atom is 0.226 e. The van der Waals surface area contributed by atoms with Gasteiger partial charge in [-0.3, -0.25) is 9.59 Å². The molecule has 0 aromatic carbocycles. The van der Waals surface area contributed by atoms with Gasteiger partial charge in [0.05, 0.1) is 0 Å². The minimum atomic E-state index is -0.00913. The van der Waals surface area contributed by atoms with Crippen molar-refractivity contribution in [2.75, 3.05) is 0 Å². The van der Waals surface area contributed by atoms with Gasteiger partial charge in [0, 0.05) is 22.9 Å². The van der Waals surface area contributed by atoms with Gasteiger partial charge in [-0.2, -0.15) is 0 Å². The van der Waals surface area contributed by atoms with Gasteiger partial charge in [-0.1, -0.05) is 0 Å². The summed E-state index contributed by atoms with van der Waals surface area (Å²) in [6, 6.07) is 0.787. The lowest BCUT2D eigenvalue weighted by molar-refractivity contribution is -0.148. The van der Waals surface area contributed by atoms with Crippen molar-refractivity contribution in [3.63, 3.8) is 0 Å². The number of hydrogen-bond donors (Lipinski definition) is 2. The molecule has 2 amide bonds. The number of nitrogens with one attached hydrogen (secondary N) is 2. The molecule has 10 saturated carbocycles. The second-order valence-corrected chi connectivity index (χ2v) is 15.9. The number of carbonyl (C=O) groups excluding carboxylic acids is 2. The van der Waals surface area contributed by atoms with Gasteiger partial charge >= 0.3 is 0 Å². The predicted octanol–water partition coefficient (Wildman–Crippen LogP) is 5.99. The zero-order valence-corrected chi connectivity index (χ0v) is 22.3. The molecule has 4 atom stereocenters. The topological polar surface area (TPSA) is 58.2 Å². The van der Waals surface area contributed by atoms with Crippen molar-refractivity contribution in [2.24, 2.45) is 58.2 Å². The van der Waals surface area contributed by atoms with Gasteiger partial charge in [-0.25, -0.2) is 0 Å². The maximum absolute atomic E-state index is 13.6. The number of rotatable bonds is 4. The molecule has 0 saturated heterocycles. The van der Waals surface area contributed by atoms with E-state index >= 15 is 0 Å². The molecule has 2 N–H and O–H groups in total. The monoisotopic (exact) mass is 492 g/mol. The van der Waals surface area contributed by atoms with Crippen molar-refractivity contribution < 1.29 is 9.59 Å². The van der Waals surface area contributed by atoms with Crippen LogP contribution in [0.3, 0.4) is 0 Å². The van der Waals surface area contributed by atoms with Gasteiger partial charge in [-0.05, 0) is 163 Å². The Balaban J connectivity index is 0.859. The Bertz CT molecular complexity index is 781. The highest BCUT2D eigenvalue weighted by molar-refractivity contribution is 5.84. The van der Waals surface area contributed by atoms with E-state index in [9.17, 15) is 9.59 Å². The lowest BCUT2D eigenvalue weighted by Crippen LogP contribution is -2.57. The standard InChI is InChI=1S/C32H48N2O2/c35-29(31-13-19-5-20(14-31)7-21(6-19)15-31)33-27-3-1-25-11-28(4-2-26(25)12-27)34-30(36)32-16-22-8-23(17-32)10-24(9-22)18-32/h19-28H,1-18H2,(H,33,35)(H,34,36). The van der Waals surface area contributed by atoms with Crippen LogP contribution in [0.25, 0.3) is 0 Å². The molecule has 4 nitrogen and oxygen atoms in total. The van der Waals surface area contributed by atoms with Crippen LogP contribution in [0, 0.1) is 58.2 Å². The van der Waals surface area contributed by atoms with Crippen LogP contribution in [-0.4, -0.2) is 23.9 Å². The van der Waals surface area contributed by atoms with Gasteiger partial charge in [0.15, 0.2) is 0 Å². The first-order valence-corrected chi connectivity index (χ1v) is 16.1. The summed E-state index contributed by atoms with van der Waals surface area (Å²) in [4.78, 5) is 27.2. The van der Waals surface area contributed by atoms with Crippen molar-refractivity contribution in [1.29, 1.82) is 0 Å². The molecule has 10 fully saturated rings. The predicted molar refractivity (Wildman–Crippen MR) is 140 cm³/mol. The Morgan fingerprint density at radius 1 is 0.444 bits per heavy atom. The highest BCUT2D eigenvalue weighted by atomic mass is 16.2. The van der Waals surface area contributed by atoms with Crippen LogP contribution in [-0.2, 0) is 9.59 Å². The number of fused-ring (bicyclic) bond motifs is 1. The van der Waals surface area contributed by atoms with Gasteiger partial charge < -0.3 is 10.6 Å². The van der Waals surface area contributed by atoms with Crippen molar-refractivity contribution >= 4 is 11.8 Å². The van der Waals surface area contributed by atoms with Crippen molar-refractivity contribution in [3.8, 4) is 0 Å². The van der Waals surface area contributed by atoms with Crippen molar-refractivity contribution in [3.05, 3.63) is 0 Å². The van der Waals surface area contributed by atoms with Crippen molar-refractivity contribution in [1.82, 2.24) is 10.6 Å². The zero-order valence-electron chi connectivity index (χ0n) is 22.3. The molecule has 36 heavy (non-hydrogen) atoms. The zero-order chi connectivity index (χ0) is 24.1. The summed E-state index contributed by atoms with van der Waals surface area (Å²) in [7, 11) is 0. The molecule has 10 aliphatic carbocycles. The first kappa shape index (κ1) is 22.9. The number of carbonyl (C=O) groups is 2. The summed E-state index contributed by atoms with van der Waals surface area (Å²) in [5.74, 6) is 7.36. The normalized spacial score (nSPS) is 54.2. The summed E-state index contributed by atoms with van der Waals surface area (Å²) >= 11 is 0. The highest BCUT2D eigenvalue weighted by Crippen LogP contribution is 2.61. The summed E-state index contributed by atoms with van der Waals surface area (Å²) < 4.78 is 0. The van der Waals surface area contributed by atoms with Crippen LogP contribution < -0.4 is 10.6 Å². The Morgan fingerprint density at radius 3 is 1.06 bits per heavy atom. The van der Waals surface area contributed by atoms with Gasteiger partial charge in [-0.15, -0.1) is 0 Å². The van der Waals surface area contributed by atoms with E-state index in [0.29, 0.717) is 23.9 Å². The van der Waals surface area contributed by atoms with E-state index in [1.807, 2.05) is 0 Å². The van der Waals surface area contributed by atoms with Crippen LogP contribution in [0.4, 0.5) is 0 Å². The summed E-state index contributed by atoms with van der Waals surface area (Å²) in [5, 5.41) is 7.24. The molecule has 4 unspecified atom stereocenters. The summed E-state index contributed by atoms with van der Waals surface area (Å²) in [6.45, 7) is 0. The molecule has 0 heterocycles. The van der Waals surface area contributed by atoms with Gasteiger partial charge in [0.1, 0.15) is 0 Å². The number of hydrogen-bond acceptors (Lipinski definition) is 2. The average Bonchev–Trinajstić information content (AvgIpc) is 2.82. The molecule has 0 aromatic heterocycles. The Hall–Kier alpha value is -1.06. The first-order chi connectivity index (χ1) is 17.4. The van der Waals surface area contributed by atoms with E-state index in [1.165, 1.54) is 103 Å². The largest absolute Gasteiger partial charge is 0.353 e. The van der Waals surface area contributed by atoms with Crippen LogP contribution in [0.5, 0.6) is 0 Å². The third-order valence-electron chi connectivity index (χ3n) is 13.3. The Morgan fingerprint density at radius 2 is 0.750 bits per heavy atom. The summed E-state index contributed by atoms with van der Waals surface area (Å²) in [5.41, 5.74) is -0.0183. The van der Waals surface area contributed by atoms with Crippen LogP contribution in [0.1, 0.15) is 116 Å². The SMILES string of the molecule is O=C(NC1CCC2CC(NC(=O)C34CC5CC(CC(C5)C3)C4)CCC2C1)C12CC3CC(CC(C3)C1)C2. The third-order valence-corrected chi connectivity index (χ3v) is 13.3. The smallest absolute Gasteiger partial charge is 0.226 e. The molecule has 10 aliphatic rings. The molecule has 0 aliphatic heterocycles. The summed E-state index contributed by atoms with van der Waals surface area (Å²) in [6.07, 6.45) is 22.6. The molecule has 198 valence electrons. The fraction of sp³-hybridized carbons (Fsp3) is 0.938. The van der Waals surface area contributed by atoms with E-state index in [0.717, 1.165) is 60.2 Å². The van der Waals surface area contributed by atoms with E-state index in [2.05, 4.69) is 10.6 Å². The minimum Gasteiger partial charge on any atom is -0.353 e. The fourth-order valence-corrected chi connectivity index (χ4v) is 12.6. The minimum absolute atomic E-state index is 0.00913. The van der Waals surface area contributed by atoms with E-state index in [1.54, 1.807) is 0 Å². The van der Waals surface area contributed by atoms with Crippen LogP contribution in [0.2, 0.25) is 0 Å².